The van der Waals surface area contributed by atoms with Gasteiger partial charge in [-0.2, -0.15) is 0 Å². The van der Waals surface area contributed by atoms with Crippen molar-refractivity contribution in [2.45, 2.75) is 38.2 Å². The summed E-state index contributed by atoms with van der Waals surface area (Å²) in [5.41, 5.74) is 1.93. The number of aryl methyl sites for hydroxylation is 1. The van der Waals surface area contributed by atoms with E-state index in [-0.39, 0.29) is 0 Å². The van der Waals surface area contributed by atoms with Crippen LogP contribution in [0.15, 0.2) is 29.0 Å². The average Bonchev–Trinajstić information content (AvgIpc) is 3.13. The molecular formula is C14H16ClN3O. The summed E-state index contributed by atoms with van der Waals surface area (Å²) in [5, 5.41) is 0. The first kappa shape index (κ1) is 12.5. The molecule has 0 aliphatic heterocycles. The monoisotopic (exact) mass is 277 g/mol. The third-order valence-electron chi connectivity index (χ3n) is 3.36. The molecule has 0 atom stereocenters. The second-order valence-corrected chi connectivity index (χ2v) is 5.12. The minimum atomic E-state index is 0.452. The summed E-state index contributed by atoms with van der Waals surface area (Å²) in [7, 11) is 0. The molecule has 2 heterocycles. The molecule has 1 saturated carbocycles. The maximum atomic E-state index is 5.85. The maximum absolute atomic E-state index is 5.85. The Balaban J connectivity index is 1.85. The van der Waals surface area contributed by atoms with Crippen molar-refractivity contribution in [3.05, 3.63) is 41.6 Å². The maximum Gasteiger partial charge on any atom is 0.226 e. The van der Waals surface area contributed by atoms with E-state index in [0.717, 1.165) is 29.5 Å². The van der Waals surface area contributed by atoms with E-state index in [1.807, 2.05) is 25.3 Å². The fourth-order valence-corrected chi connectivity index (χ4v) is 2.33. The highest BCUT2D eigenvalue weighted by Crippen LogP contribution is 2.31. The van der Waals surface area contributed by atoms with Crippen LogP contribution in [0.25, 0.3) is 0 Å². The molecule has 0 saturated heterocycles. The van der Waals surface area contributed by atoms with Crippen LogP contribution >= 0.6 is 11.6 Å². The van der Waals surface area contributed by atoms with Crippen molar-refractivity contribution in [2.24, 2.45) is 0 Å². The zero-order valence-electron chi connectivity index (χ0n) is 10.8. The van der Waals surface area contributed by atoms with Gasteiger partial charge in [-0.15, -0.1) is 11.6 Å². The second-order valence-electron chi connectivity index (χ2n) is 4.85. The number of hydrogen-bond donors (Lipinski definition) is 0. The van der Waals surface area contributed by atoms with E-state index < -0.39 is 0 Å². The summed E-state index contributed by atoms with van der Waals surface area (Å²) in [5.74, 6) is 2.16. The molecule has 0 bridgehead atoms. The lowest BCUT2D eigenvalue weighted by Gasteiger charge is -2.21. The molecule has 2 aromatic rings. The molecule has 0 unspecified atom stereocenters. The lowest BCUT2D eigenvalue weighted by molar-refractivity contribution is 0.499. The summed E-state index contributed by atoms with van der Waals surface area (Å²) < 4.78 is 5.42. The van der Waals surface area contributed by atoms with Crippen LogP contribution in [-0.4, -0.2) is 16.0 Å². The number of alkyl halides is 1. The number of anilines is 1. The molecule has 0 radical (unpaired) electrons. The number of furan rings is 1. The van der Waals surface area contributed by atoms with Gasteiger partial charge in [0.1, 0.15) is 5.76 Å². The first-order valence-electron chi connectivity index (χ1n) is 6.45. The molecule has 1 fully saturated rings. The van der Waals surface area contributed by atoms with Crippen LogP contribution in [0, 0.1) is 6.92 Å². The topological polar surface area (TPSA) is 42.2 Å². The third-order valence-corrected chi connectivity index (χ3v) is 3.65. The lowest BCUT2D eigenvalue weighted by atomic mass is 10.3. The molecule has 0 N–H and O–H groups in total. The Morgan fingerprint density at radius 3 is 2.89 bits per heavy atom. The Labute approximate surface area is 117 Å². The Kier molecular flexibility index (Phi) is 3.42. The van der Waals surface area contributed by atoms with Crippen LogP contribution in [-0.2, 0) is 12.4 Å². The normalized spacial score (nSPS) is 14.6. The number of hydrogen-bond acceptors (Lipinski definition) is 4. The van der Waals surface area contributed by atoms with E-state index in [4.69, 9.17) is 16.0 Å². The van der Waals surface area contributed by atoms with E-state index in [9.17, 15) is 0 Å². The fraction of sp³-hybridized carbons (Fsp3) is 0.429. The minimum absolute atomic E-state index is 0.452. The van der Waals surface area contributed by atoms with Crippen molar-refractivity contribution in [1.29, 1.82) is 0 Å². The molecule has 4 nitrogen and oxygen atoms in total. The molecule has 3 rings (SSSR count). The zero-order chi connectivity index (χ0) is 13.2. The first-order chi connectivity index (χ1) is 9.28. The lowest BCUT2D eigenvalue weighted by Crippen LogP contribution is -2.27. The Bertz CT molecular complexity index is 552. The highest BCUT2D eigenvalue weighted by molar-refractivity contribution is 6.17. The predicted octanol–water partition coefficient (Wildman–Crippen LogP) is 3.29. The molecule has 1 aliphatic carbocycles. The largest absolute Gasteiger partial charge is 0.467 e. The fourth-order valence-electron chi connectivity index (χ4n) is 2.07. The molecule has 1 aliphatic rings. The molecule has 2 aromatic heterocycles. The Morgan fingerprint density at radius 1 is 1.47 bits per heavy atom. The van der Waals surface area contributed by atoms with Gasteiger partial charge in [0, 0.05) is 23.5 Å². The van der Waals surface area contributed by atoms with Crippen LogP contribution in [0.4, 0.5) is 5.95 Å². The van der Waals surface area contributed by atoms with E-state index in [1.165, 1.54) is 12.8 Å². The summed E-state index contributed by atoms with van der Waals surface area (Å²) in [6.45, 7) is 2.69. The van der Waals surface area contributed by atoms with Gasteiger partial charge in [-0.05, 0) is 31.9 Å². The molecule has 0 amide bonds. The van der Waals surface area contributed by atoms with Crippen molar-refractivity contribution in [3.8, 4) is 0 Å². The van der Waals surface area contributed by atoms with E-state index in [1.54, 1.807) is 6.26 Å². The highest BCUT2D eigenvalue weighted by Gasteiger charge is 2.31. The van der Waals surface area contributed by atoms with E-state index in [2.05, 4.69) is 14.9 Å². The average molecular weight is 278 g/mol. The first-order valence-corrected chi connectivity index (χ1v) is 6.99. The van der Waals surface area contributed by atoms with E-state index in [0.29, 0.717) is 11.9 Å². The number of aromatic nitrogens is 2. The molecule has 0 spiro atoms. The Hall–Kier alpha value is -1.55. The minimum Gasteiger partial charge on any atom is -0.467 e. The van der Waals surface area contributed by atoms with Gasteiger partial charge in [-0.25, -0.2) is 9.97 Å². The van der Waals surface area contributed by atoms with Gasteiger partial charge in [-0.3, -0.25) is 0 Å². The van der Waals surface area contributed by atoms with Crippen molar-refractivity contribution in [2.75, 3.05) is 4.90 Å². The van der Waals surface area contributed by atoms with Gasteiger partial charge in [-0.1, -0.05) is 0 Å². The quantitative estimate of drug-likeness (QED) is 0.787. The highest BCUT2D eigenvalue weighted by atomic mass is 35.5. The summed E-state index contributed by atoms with van der Waals surface area (Å²) >= 11 is 5.85. The number of rotatable bonds is 5. The van der Waals surface area contributed by atoms with Crippen LogP contribution in [0.2, 0.25) is 0 Å². The van der Waals surface area contributed by atoms with Crippen LogP contribution in [0.1, 0.15) is 29.9 Å². The molecule has 19 heavy (non-hydrogen) atoms. The molecule has 5 heteroatoms. The third kappa shape index (κ3) is 2.73. The number of nitrogens with zero attached hydrogens (tertiary/aromatic N) is 3. The van der Waals surface area contributed by atoms with Crippen molar-refractivity contribution in [1.82, 2.24) is 9.97 Å². The van der Waals surface area contributed by atoms with Crippen LogP contribution < -0.4 is 4.90 Å². The van der Waals surface area contributed by atoms with Gasteiger partial charge in [0.15, 0.2) is 0 Å². The second kappa shape index (κ2) is 5.21. The molecule has 0 aromatic carbocycles. The smallest absolute Gasteiger partial charge is 0.226 e. The van der Waals surface area contributed by atoms with Gasteiger partial charge in [0.25, 0.3) is 0 Å². The van der Waals surface area contributed by atoms with Crippen LogP contribution in [0.5, 0.6) is 0 Å². The zero-order valence-corrected chi connectivity index (χ0v) is 11.6. The number of halogens is 1. The van der Waals surface area contributed by atoms with Gasteiger partial charge in [0.05, 0.1) is 18.7 Å². The summed E-state index contributed by atoms with van der Waals surface area (Å²) in [4.78, 5) is 11.2. The van der Waals surface area contributed by atoms with Gasteiger partial charge >= 0.3 is 0 Å². The van der Waals surface area contributed by atoms with Gasteiger partial charge in [0.2, 0.25) is 5.95 Å². The summed E-state index contributed by atoms with van der Waals surface area (Å²) in [6.07, 6.45) is 5.91. The predicted molar refractivity (Wildman–Crippen MR) is 74.2 cm³/mol. The van der Waals surface area contributed by atoms with Crippen LogP contribution in [0.3, 0.4) is 0 Å². The summed E-state index contributed by atoms with van der Waals surface area (Å²) in [6, 6.07) is 4.42. The SMILES string of the molecule is Cc1nc(N(Cc2ccco2)C2CC2)ncc1CCl. The van der Waals surface area contributed by atoms with Gasteiger partial charge < -0.3 is 9.32 Å². The standard InChI is InChI=1S/C14H16ClN3O/c1-10-11(7-15)8-16-14(17-10)18(12-4-5-12)9-13-3-2-6-19-13/h2-3,6,8,12H,4-5,7,9H2,1H3. The molecular weight excluding hydrogens is 262 g/mol. The van der Waals surface area contributed by atoms with Crippen molar-refractivity contribution < 1.29 is 4.42 Å². The molecule has 100 valence electrons. The van der Waals surface area contributed by atoms with Crippen molar-refractivity contribution >= 4 is 17.5 Å². The Morgan fingerprint density at radius 2 is 2.32 bits per heavy atom. The van der Waals surface area contributed by atoms with Crippen molar-refractivity contribution in [3.63, 3.8) is 0 Å². The van der Waals surface area contributed by atoms with E-state index >= 15 is 0 Å².